The second kappa shape index (κ2) is 6.14. The minimum Gasteiger partial charge on any atom is -0.382 e. The van der Waals surface area contributed by atoms with E-state index >= 15 is 0 Å². The molecule has 4 heteroatoms. The van der Waals surface area contributed by atoms with E-state index in [-0.39, 0.29) is 6.04 Å². The highest BCUT2D eigenvalue weighted by Crippen LogP contribution is 2.24. The Morgan fingerprint density at radius 1 is 1.64 bits per heavy atom. The molecule has 1 rings (SSSR count). The van der Waals surface area contributed by atoms with Crippen LogP contribution < -0.4 is 11.3 Å². The van der Waals surface area contributed by atoms with Gasteiger partial charge in [0.1, 0.15) is 0 Å². The summed E-state index contributed by atoms with van der Waals surface area (Å²) in [7, 11) is 0. The number of hydrogen-bond acceptors (Lipinski definition) is 4. The highest BCUT2D eigenvalue weighted by Gasteiger charge is 2.12. The van der Waals surface area contributed by atoms with E-state index in [4.69, 9.17) is 10.6 Å². The largest absolute Gasteiger partial charge is 0.382 e. The van der Waals surface area contributed by atoms with Crippen molar-refractivity contribution < 1.29 is 4.74 Å². The predicted molar refractivity (Wildman–Crippen MR) is 60.2 cm³/mol. The number of ether oxygens (including phenoxy) is 1. The molecule has 1 atom stereocenters. The molecule has 1 aromatic rings. The first-order valence-corrected chi connectivity index (χ1v) is 5.75. The molecule has 0 fully saturated rings. The first-order chi connectivity index (χ1) is 6.79. The van der Waals surface area contributed by atoms with Crippen LogP contribution in [0.3, 0.4) is 0 Å². The summed E-state index contributed by atoms with van der Waals surface area (Å²) >= 11 is 1.75. The Morgan fingerprint density at radius 3 is 2.93 bits per heavy atom. The molecule has 0 radical (unpaired) electrons. The maximum Gasteiger partial charge on any atom is 0.0492 e. The van der Waals surface area contributed by atoms with Crippen molar-refractivity contribution in [2.45, 2.75) is 26.3 Å². The summed E-state index contributed by atoms with van der Waals surface area (Å²) in [5, 5.41) is 2.09. The molecular formula is C10H18N2OS. The predicted octanol–water partition coefficient (Wildman–Crippen LogP) is 1.99. The molecule has 0 bridgehead atoms. The van der Waals surface area contributed by atoms with Gasteiger partial charge in [-0.1, -0.05) is 0 Å². The van der Waals surface area contributed by atoms with Crippen LogP contribution in [0, 0.1) is 6.92 Å². The number of hydrazine groups is 1. The zero-order valence-electron chi connectivity index (χ0n) is 8.75. The van der Waals surface area contributed by atoms with Crippen molar-refractivity contribution in [2.75, 3.05) is 13.2 Å². The molecule has 3 nitrogen and oxygen atoms in total. The van der Waals surface area contributed by atoms with E-state index in [2.05, 4.69) is 23.8 Å². The summed E-state index contributed by atoms with van der Waals surface area (Å²) < 4.78 is 5.31. The summed E-state index contributed by atoms with van der Waals surface area (Å²) in [6, 6.07) is 2.34. The summed E-state index contributed by atoms with van der Waals surface area (Å²) in [6.07, 6.45) is 0.919. The van der Waals surface area contributed by atoms with Crippen molar-refractivity contribution in [1.29, 1.82) is 0 Å². The van der Waals surface area contributed by atoms with Gasteiger partial charge < -0.3 is 4.74 Å². The van der Waals surface area contributed by atoms with E-state index in [1.165, 1.54) is 10.4 Å². The third-order valence-electron chi connectivity index (χ3n) is 2.23. The molecule has 0 amide bonds. The third kappa shape index (κ3) is 3.06. The molecular weight excluding hydrogens is 196 g/mol. The highest BCUT2D eigenvalue weighted by atomic mass is 32.1. The summed E-state index contributed by atoms with van der Waals surface area (Å²) in [6.45, 7) is 5.63. The lowest BCUT2D eigenvalue weighted by Gasteiger charge is -2.15. The molecule has 1 heterocycles. The Bertz CT molecular complexity index is 262. The van der Waals surface area contributed by atoms with Crippen molar-refractivity contribution >= 4 is 11.3 Å². The second-order valence-electron chi connectivity index (χ2n) is 3.14. The van der Waals surface area contributed by atoms with Crippen LogP contribution in [0.25, 0.3) is 0 Å². The Balaban J connectivity index is 2.50. The Hall–Kier alpha value is -0.420. The Labute approximate surface area is 89.2 Å². The van der Waals surface area contributed by atoms with Crippen molar-refractivity contribution in [3.63, 3.8) is 0 Å². The fraction of sp³-hybridized carbons (Fsp3) is 0.600. The van der Waals surface area contributed by atoms with Crippen LogP contribution in [-0.2, 0) is 4.74 Å². The number of rotatable bonds is 6. The first kappa shape index (κ1) is 11.7. The molecule has 0 saturated carbocycles. The van der Waals surface area contributed by atoms with E-state index in [0.29, 0.717) is 0 Å². The molecule has 0 saturated heterocycles. The van der Waals surface area contributed by atoms with Gasteiger partial charge in [0.2, 0.25) is 0 Å². The average Bonchev–Trinajstić information content (AvgIpc) is 2.60. The zero-order chi connectivity index (χ0) is 10.4. The van der Waals surface area contributed by atoms with Crippen LogP contribution in [0.5, 0.6) is 0 Å². The van der Waals surface area contributed by atoms with Gasteiger partial charge in [-0.15, -0.1) is 11.3 Å². The van der Waals surface area contributed by atoms with Crippen LogP contribution >= 0.6 is 11.3 Å². The molecule has 1 unspecified atom stereocenters. The van der Waals surface area contributed by atoms with Gasteiger partial charge in [-0.05, 0) is 37.3 Å². The van der Waals surface area contributed by atoms with E-state index < -0.39 is 0 Å². The van der Waals surface area contributed by atoms with Gasteiger partial charge in [-0.25, -0.2) is 0 Å². The molecule has 0 aliphatic heterocycles. The molecule has 1 aromatic heterocycles. The quantitative estimate of drug-likeness (QED) is 0.432. The van der Waals surface area contributed by atoms with Gasteiger partial charge in [-0.2, -0.15) is 0 Å². The lowest BCUT2D eigenvalue weighted by Crippen LogP contribution is -2.29. The molecule has 0 aliphatic carbocycles. The maximum absolute atomic E-state index is 5.51. The zero-order valence-corrected chi connectivity index (χ0v) is 9.56. The third-order valence-corrected chi connectivity index (χ3v) is 3.09. The number of aryl methyl sites for hydroxylation is 1. The standard InChI is InChI=1S/C10H18N2OS/c1-3-13-6-4-10(12-11)9-5-7-14-8(9)2/h5,7,10,12H,3-4,6,11H2,1-2H3. The van der Waals surface area contributed by atoms with Crippen LogP contribution in [0.2, 0.25) is 0 Å². The Kier molecular flexibility index (Phi) is 5.11. The normalized spacial score (nSPS) is 13.1. The minimum absolute atomic E-state index is 0.216. The lowest BCUT2D eigenvalue weighted by atomic mass is 10.1. The number of nitrogens with two attached hydrogens (primary N) is 1. The van der Waals surface area contributed by atoms with Crippen LogP contribution in [0.15, 0.2) is 11.4 Å². The number of hydrogen-bond donors (Lipinski definition) is 2. The smallest absolute Gasteiger partial charge is 0.0492 e. The van der Waals surface area contributed by atoms with Gasteiger partial charge in [0.15, 0.2) is 0 Å². The fourth-order valence-electron chi connectivity index (χ4n) is 1.43. The summed E-state index contributed by atoms with van der Waals surface area (Å²) in [5.74, 6) is 5.51. The van der Waals surface area contributed by atoms with Gasteiger partial charge in [0.05, 0.1) is 0 Å². The minimum atomic E-state index is 0.216. The van der Waals surface area contributed by atoms with E-state index in [1.54, 1.807) is 11.3 Å². The van der Waals surface area contributed by atoms with Crippen molar-refractivity contribution in [3.05, 3.63) is 21.9 Å². The summed E-state index contributed by atoms with van der Waals surface area (Å²) in [5.41, 5.74) is 4.12. The van der Waals surface area contributed by atoms with E-state index in [9.17, 15) is 0 Å². The molecule has 80 valence electrons. The van der Waals surface area contributed by atoms with Gasteiger partial charge in [-0.3, -0.25) is 11.3 Å². The maximum atomic E-state index is 5.51. The number of nitrogens with one attached hydrogen (secondary N) is 1. The SMILES string of the molecule is CCOCCC(NN)c1ccsc1C. The van der Waals surface area contributed by atoms with Crippen LogP contribution in [0.1, 0.15) is 29.8 Å². The molecule has 3 N–H and O–H groups in total. The van der Waals surface area contributed by atoms with Crippen LogP contribution in [0.4, 0.5) is 0 Å². The second-order valence-corrected chi connectivity index (χ2v) is 4.26. The van der Waals surface area contributed by atoms with Gasteiger partial charge in [0.25, 0.3) is 0 Å². The molecule has 0 aliphatic rings. The highest BCUT2D eigenvalue weighted by molar-refractivity contribution is 7.10. The van der Waals surface area contributed by atoms with E-state index in [0.717, 1.165) is 19.6 Å². The van der Waals surface area contributed by atoms with Gasteiger partial charge in [0, 0.05) is 24.1 Å². The summed E-state index contributed by atoms with van der Waals surface area (Å²) in [4.78, 5) is 1.32. The topological polar surface area (TPSA) is 47.3 Å². The molecule has 0 spiro atoms. The average molecular weight is 214 g/mol. The van der Waals surface area contributed by atoms with Gasteiger partial charge >= 0.3 is 0 Å². The lowest BCUT2D eigenvalue weighted by molar-refractivity contribution is 0.136. The fourth-order valence-corrected chi connectivity index (χ4v) is 2.20. The molecule has 0 aromatic carbocycles. The molecule has 14 heavy (non-hydrogen) atoms. The monoisotopic (exact) mass is 214 g/mol. The van der Waals surface area contributed by atoms with E-state index in [1.807, 2.05) is 6.92 Å². The number of thiophene rings is 1. The first-order valence-electron chi connectivity index (χ1n) is 4.87. The van der Waals surface area contributed by atoms with Crippen LogP contribution in [-0.4, -0.2) is 13.2 Å². The van der Waals surface area contributed by atoms with Crippen molar-refractivity contribution in [2.24, 2.45) is 5.84 Å². The Morgan fingerprint density at radius 2 is 2.43 bits per heavy atom. The van der Waals surface area contributed by atoms with Crippen molar-refractivity contribution in [1.82, 2.24) is 5.43 Å². The van der Waals surface area contributed by atoms with Crippen molar-refractivity contribution in [3.8, 4) is 0 Å².